The third-order valence-corrected chi connectivity index (χ3v) is 4.53. The first-order valence-corrected chi connectivity index (χ1v) is 7.93. The highest BCUT2D eigenvalue weighted by Gasteiger charge is 2.37. The van der Waals surface area contributed by atoms with Crippen LogP contribution in [-0.2, 0) is 14.3 Å². The highest BCUT2D eigenvalue weighted by molar-refractivity contribution is 6.01. The smallest absolute Gasteiger partial charge is 0.311 e. The quantitative estimate of drug-likeness (QED) is 0.803. The molecule has 3 rings (SSSR count). The summed E-state index contributed by atoms with van der Waals surface area (Å²) in [5, 5.41) is 0. The van der Waals surface area contributed by atoms with E-state index in [1.54, 1.807) is 4.90 Å². The van der Waals surface area contributed by atoms with Gasteiger partial charge in [0.2, 0.25) is 5.91 Å². The van der Waals surface area contributed by atoms with Gasteiger partial charge in [-0.3, -0.25) is 9.59 Å². The van der Waals surface area contributed by atoms with Crippen LogP contribution in [-0.4, -0.2) is 38.6 Å². The van der Waals surface area contributed by atoms with Crippen molar-refractivity contribution in [3.63, 3.8) is 0 Å². The number of benzene rings is 1. The van der Waals surface area contributed by atoms with Gasteiger partial charge in [-0.15, -0.1) is 0 Å². The van der Waals surface area contributed by atoms with Crippen LogP contribution in [0, 0.1) is 5.92 Å². The molecule has 1 atom stereocenters. The molecule has 2 aliphatic heterocycles. The maximum absolute atomic E-state index is 12.3. The zero-order chi connectivity index (χ0) is 15.5. The monoisotopic (exact) mass is 302 g/mol. The molecule has 2 aliphatic rings. The molecule has 0 unspecified atom stereocenters. The SMILES string of the molecule is COC(=O)[C@@H]1CC(=O)N(c2ccccc2N2CCCCC2)C1. The number of methoxy groups -OCH3 is 1. The molecule has 118 valence electrons. The number of rotatable bonds is 3. The van der Waals surface area contributed by atoms with Crippen molar-refractivity contribution in [1.29, 1.82) is 0 Å². The zero-order valence-corrected chi connectivity index (χ0v) is 13.0. The molecular weight excluding hydrogens is 280 g/mol. The Morgan fingerprint density at radius 1 is 1.14 bits per heavy atom. The minimum absolute atomic E-state index is 0.000130. The predicted octanol–water partition coefficient (Wildman–Crippen LogP) is 2.20. The van der Waals surface area contributed by atoms with Crippen molar-refractivity contribution in [2.45, 2.75) is 25.7 Å². The Kier molecular flexibility index (Phi) is 4.32. The molecule has 0 N–H and O–H groups in total. The van der Waals surface area contributed by atoms with Crippen molar-refractivity contribution in [3.8, 4) is 0 Å². The van der Waals surface area contributed by atoms with Crippen LogP contribution >= 0.6 is 0 Å². The van der Waals surface area contributed by atoms with Gasteiger partial charge in [-0.25, -0.2) is 0 Å². The fourth-order valence-electron chi connectivity index (χ4n) is 3.36. The maximum Gasteiger partial charge on any atom is 0.311 e. The van der Waals surface area contributed by atoms with Gasteiger partial charge in [0.05, 0.1) is 24.4 Å². The van der Waals surface area contributed by atoms with Gasteiger partial charge in [-0.2, -0.15) is 0 Å². The summed E-state index contributed by atoms with van der Waals surface area (Å²) in [7, 11) is 1.37. The molecule has 1 aromatic rings. The first-order chi connectivity index (χ1) is 10.7. The van der Waals surface area contributed by atoms with Crippen molar-refractivity contribution >= 4 is 23.3 Å². The highest BCUT2D eigenvalue weighted by Crippen LogP contribution is 2.35. The van der Waals surface area contributed by atoms with Crippen LogP contribution in [0.2, 0.25) is 0 Å². The molecule has 0 radical (unpaired) electrons. The third-order valence-electron chi connectivity index (χ3n) is 4.53. The van der Waals surface area contributed by atoms with Gasteiger partial charge < -0.3 is 14.5 Å². The van der Waals surface area contributed by atoms with Crippen LogP contribution in [0.5, 0.6) is 0 Å². The molecule has 2 saturated heterocycles. The number of amides is 1. The molecule has 1 aromatic carbocycles. The lowest BCUT2D eigenvalue weighted by Crippen LogP contribution is -2.33. The predicted molar refractivity (Wildman–Crippen MR) is 85.0 cm³/mol. The topological polar surface area (TPSA) is 49.9 Å². The molecule has 0 bridgehead atoms. The van der Waals surface area contributed by atoms with E-state index in [0.29, 0.717) is 6.54 Å². The molecular formula is C17H22N2O3. The number of hydrogen-bond donors (Lipinski definition) is 0. The highest BCUT2D eigenvalue weighted by atomic mass is 16.5. The van der Waals surface area contributed by atoms with E-state index in [-0.39, 0.29) is 24.2 Å². The zero-order valence-electron chi connectivity index (χ0n) is 13.0. The van der Waals surface area contributed by atoms with Crippen molar-refractivity contribution < 1.29 is 14.3 Å². The molecule has 0 aromatic heterocycles. The minimum atomic E-state index is -0.355. The van der Waals surface area contributed by atoms with Gasteiger partial charge in [0, 0.05) is 26.1 Å². The van der Waals surface area contributed by atoms with Crippen LogP contribution in [0.25, 0.3) is 0 Å². The summed E-state index contributed by atoms with van der Waals surface area (Å²) in [6.07, 6.45) is 3.88. The third kappa shape index (κ3) is 2.80. The molecule has 0 spiro atoms. The average Bonchev–Trinajstić information content (AvgIpc) is 2.96. The molecule has 2 fully saturated rings. The van der Waals surface area contributed by atoms with Crippen molar-refractivity contribution in [3.05, 3.63) is 24.3 Å². The number of para-hydroxylation sites is 2. The minimum Gasteiger partial charge on any atom is -0.469 e. The largest absolute Gasteiger partial charge is 0.469 e. The Bertz CT molecular complexity index is 567. The van der Waals surface area contributed by atoms with E-state index in [4.69, 9.17) is 4.74 Å². The van der Waals surface area contributed by atoms with E-state index in [0.717, 1.165) is 24.5 Å². The second kappa shape index (κ2) is 6.38. The number of nitrogens with zero attached hydrogens (tertiary/aromatic N) is 2. The van der Waals surface area contributed by atoms with Gasteiger partial charge in [0.25, 0.3) is 0 Å². The van der Waals surface area contributed by atoms with Crippen molar-refractivity contribution in [2.75, 3.05) is 36.5 Å². The molecule has 5 heteroatoms. The lowest BCUT2D eigenvalue weighted by molar-refractivity contribution is -0.145. The van der Waals surface area contributed by atoms with Gasteiger partial charge in [-0.05, 0) is 31.4 Å². The number of anilines is 2. The molecule has 0 saturated carbocycles. The molecule has 22 heavy (non-hydrogen) atoms. The van der Waals surface area contributed by atoms with Gasteiger partial charge in [0.1, 0.15) is 0 Å². The number of carbonyl (C=O) groups excluding carboxylic acids is 2. The van der Waals surface area contributed by atoms with E-state index in [2.05, 4.69) is 11.0 Å². The Labute approximate surface area is 130 Å². The maximum atomic E-state index is 12.3. The summed E-state index contributed by atoms with van der Waals surface area (Å²) in [6, 6.07) is 7.99. The van der Waals surface area contributed by atoms with Crippen LogP contribution in [0.3, 0.4) is 0 Å². The van der Waals surface area contributed by atoms with Crippen LogP contribution in [0.15, 0.2) is 24.3 Å². The Morgan fingerprint density at radius 3 is 2.50 bits per heavy atom. The lowest BCUT2D eigenvalue weighted by Gasteiger charge is -2.32. The number of hydrogen-bond acceptors (Lipinski definition) is 4. The summed E-state index contributed by atoms with van der Waals surface area (Å²) < 4.78 is 4.78. The summed E-state index contributed by atoms with van der Waals surface area (Å²) in [6.45, 7) is 2.47. The van der Waals surface area contributed by atoms with Gasteiger partial charge in [-0.1, -0.05) is 12.1 Å². The van der Waals surface area contributed by atoms with Crippen LogP contribution < -0.4 is 9.80 Å². The summed E-state index contributed by atoms with van der Waals surface area (Å²) in [4.78, 5) is 28.1. The van der Waals surface area contributed by atoms with E-state index >= 15 is 0 Å². The summed E-state index contributed by atoms with van der Waals surface area (Å²) in [5.41, 5.74) is 2.02. The Morgan fingerprint density at radius 2 is 1.82 bits per heavy atom. The second-order valence-electron chi connectivity index (χ2n) is 5.96. The second-order valence-corrected chi connectivity index (χ2v) is 5.96. The first kappa shape index (κ1) is 14.9. The summed E-state index contributed by atoms with van der Waals surface area (Å²) in [5.74, 6) is -0.655. The molecule has 1 amide bonds. The lowest BCUT2D eigenvalue weighted by atomic mass is 10.1. The molecule has 2 heterocycles. The molecule has 0 aliphatic carbocycles. The van der Waals surface area contributed by atoms with E-state index in [9.17, 15) is 9.59 Å². The van der Waals surface area contributed by atoms with Gasteiger partial charge in [0.15, 0.2) is 0 Å². The molecule has 5 nitrogen and oxygen atoms in total. The van der Waals surface area contributed by atoms with Crippen LogP contribution in [0.1, 0.15) is 25.7 Å². The van der Waals surface area contributed by atoms with E-state index in [1.165, 1.54) is 26.4 Å². The average molecular weight is 302 g/mol. The standard InChI is InChI=1S/C17H22N2O3/c1-22-17(21)13-11-16(20)19(12-13)15-8-4-3-7-14(15)18-9-5-2-6-10-18/h3-4,7-8,13H,2,5-6,9-12H2,1H3/t13-/m1/s1. The number of esters is 1. The normalized spacial score (nSPS) is 22.0. The van der Waals surface area contributed by atoms with E-state index < -0.39 is 0 Å². The first-order valence-electron chi connectivity index (χ1n) is 7.93. The number of ether oxygens (including phenoxy) is 1. The van der Waals surface area contributed by atoms with E-state index in [1.807, 2.05) is 18.2 Å². The number of piperidine rings is 1. The van der Waals surface area contributed by atoms with Crippen molar-refractivity contribution in [1.82, 2.24) is 0 Å². The Balaban J connectivity index is 1.85. The fraction of sp³-hybridized carbons (Fsp3) is 0.529. The van der Waals surface area contributed by atoms with Crippen molar-refractivity contribution in [2.24, 2.45) is 5.92 Å². The van der Waals surface area contributed by atoms with Crippen LogP contribution in [0.4, 0.5) is 11.4 Å². The fourth-order valence-corrected chi connectivity index (χ4v) is 3.36. The Hall–Kier alpha value is -2.04. The number of carbonyl (C=O) groups is 2. The van der Waals surface area contributed by atoms with Gasteiger partial charge >= 0.3 is 5.97 Å². The summed E-state index contributed by atoms with van der Waals surface area (Å²) >= 11 is 0.